The van der Waals surface area contributed by atoms with Gasteiger partial charge in [-0.05, 0) is 30.3 Å². The van der Waals surface area contributed by atoms with E-state index in [4.69, 9.17) is 5.26 Å². The lowest BCUT2D eigenvalue weighted by Gasteiger charge is -2.17. The van der Waals surface area contributed by atoms with E-state index in [1.165, 1.54) is 0 Å². The molecule has 1 N–H and O–H groups in total. The summed E-state index contributed by atoms with van der Waals surface area (Å²) in [5.74, 6) is -0.770. The number of halogens is 1. The van der Waals surface area contributed by atoms with Crippen molar-refractivity contribution in [2.75, 3.05) is 16.8 Å². The van der Waals surface area contributed by atoms with Crippen LogP contribution in [0.2, 0.25) is 0 Å². The van der Waals surface area contributed by atoms with Gasteiger partial charge in [-0.2, -0.15) is 5.26 Å². The van der Waals surface area contributed by atoms with Crippen LogP contribution in [0, 0.1) is 17.2 Å². The van der Waals surface area contributed by atoms with Crippen molar-refractivity contribution in [3.05, 3.63) is 58.6 Å². The van der Waals surface area contributed by atoms with Crippen LogP contribution in [0.3, 0.4) is 0 Å². The molecule has 0 saturated carbocycles. The standard InChI is InChI=1S/C18H14BrN3O2/c19-14-5-3-6-15(9-14)22-11-13(8-17(22)23)18(24)21-16-7-2-1-4-12(16)10-20/h1-7,9,13H,8,11H2,(H,21,24). The van der Waals surface area contributed by atoms with Crippen molar-refractivity contribution in [3.8, 4) is 6.07 Å². The summed E-state index contributed by atoms with van der Waals surface area (Å²) in [4.78, 5) is 26.3. The Kier molecular flexibility index (Phi) is 4.63. The summed E-state index contributed by atoms with van der Waals surface area (Å²) < 4.78 is 0.878. The van der Waals surface area contributed by atoms with Gasteiger partial charge in [0.05, 0.1) is 17.2 Å². The van der Waals surface area contributed by atoms with Crippen molar-refractivity contribution in [2.24, 2.45) is 5.92 Å². The van der Waals surface area contributed by atoms with Gasteiger partial charge in [-0.1, -0.05) is 34.1 Å². The molecule has 1 aliphatic heterocycles. The van der Waals surface area contributed by atoms with Gasteiger partial charge >= 0.3 is 0 Å². The molecule has 24 heavy (non-hydrogen) atoms. The minimum atomic E-state index is -0.441. The molecule has 6 heteroatoms. The van der Waals surface area contributed by atoms with Gasteiger partial charge in [-0.15, -0.1) is 0 Å². The molecule has 2 aromatic carbocycles. The van der Waals surface area contributed by atoms with E-state index in [0.717, 1.165) is 10.2 Å². The summed E-state index contributed by atoms with van der Waals surface area (Å²) in [5.41, 5.74) is 1.64. The highest BCUT2D eigenvalue weighted by molar-refractivity contribution is 9.10. The fourth-order valence-corrected chi connectivity index (χ4v) is 3.09. The molecule has 5 nitrogen and oxygen atoms in total. The summed E-state index contributed by atoms with van der Waals surface area (Å²) in [6, 6.07) is 16.3. The first-order chi connectivity index (χ1) is 11.6. The molecule has 1 heterocycles. The Labute approximate surface area is 148 Å². The number of hydrogen-bond acceptors (Lipinski definition) is 3. The van der Waals surface area contributed by atoms with Crippen LogP contribution < -0.4 is 10.2 Å². The van der Waals surface area contributed by atoms with Gasteiger partial charge in [-0.3, -0.25) is 9.59 Å². The predicted octanol–water partition coefficient (Wildman–Crippen LogP) is 3.31. The number of hydrogen-bond donors (Lipinski definition) is 1. The third-order valence-electron chi connectivity index (χ3n) is 3.92. The number of carbonyl (C=O) groups is 2. The van der Waals surface area contributed by atoms with E-state index in [9.17, 15) is 9.59 Å². The number of rotatable bonds is 3. The second-order valence-electron chi connectivity index (χ2n) is 5.53. The summed E-state index contributed by atoms with van der Waals surface area (Å²) in [7, 11) is 0. The van der Waals surface area contributed by atoms with Gasteiger partial charge in [0.2, 0.25) is 11.8 Å². The van der Waals surface area contributed by atoms with Crippen molar-refractivity contribution in [3.63, 3.8) is 0 Å². The highest BCUT2D eigenvalue weighted by Gasteiger charge is 2.35. The van der Waals surface area contributed by atoms with Crippen LogP contribution in [-0.2, 0) is 9.59 Å². The molecule has 1 unspecified atom stereocenters. The number of nitrogens with one attached hydrogen (secondary N) is 1. The second-order valence-corrected chi connectivity index (χ2v) is 6.45. The SMILES string of the molecule is N#Cc1ccccc1NC(=O)C1CC(=O)N(c2cccc(Br)c2)C1. The molecular weight excluding hydrogens is 370 g/mol. The summed E-state index contributed by atoms with van der Waals surface area (Å²) in [5, 5.41) is 11.8. The van der Waals surface area contributed by atoms with Crippen molar-refractivity contribution in [1.29, 1.82) is 5.26 Å². The molecule has 1 saturated heterocycles. The zero-order valence-electron chi connectivity index (χ0n) is 12.7. The van der Waals surface area contributed by atoms with Crippen LogP contribution in [0.4, 0.5) is 11.4 Å². The summed E-state index contributed by atoms with van der Waals surface area (Å²) >= 11 is 3.39. The van der Waals surface area contributed by atoms with E-state index in [1.807, 2.05) is 30.3 Å². The number of para-hydroxylation sites is 1. The monoisotopic (exact) mass is 383 g/mol. The maximum absolute atomic E-state index is 12.5. The first-order valence-electron chi connectivity index (χ1n) is 7.44. The molecule has 1 atom stereocenters. The fraction of sp³-hybridized carbons (Fsp3) is 0.167. The van der Waals surface area contributed by atoms with Crippen LogP contribution in [0.25, 0.3) is 0 Å². The van der Waals surface area contributed by atoms with E-state index in [-0.39, 0.29) is 18.2 Å². The number of nitrogens with zero attached hydrogens (tertiary/aromatic N) is 2. The molecular formula is C18H14BrN3O2. The first-order valence-corrected chi connectivity index (χ1v) is 8.23. The Morgan fingerprint density at radius 1 is 1.25 bits per heavy atom. The van der Waals surface area contributed by atoms with Gasteiger partial charge in [0.15, 0.2) is 0 Å². The van der Waals surface area contributed by atoms with E-state index >= 15 is 0 Å². The normalized spacial score (nSPS) is 16.8. The topological polar surface area (TPSA) is 73.2 Å². The lowest BCUT2D eigenvalue weighted by atomic mass is 10.1. The molecule has 0 radical (unpaired) electrons. The van der Waals surface area contributed by atoms with Crippen LogP contribution in [0.1, 0.15) is 12.0 Å². The fourth-order valence-electron chi connectivity index (χ4n) is 2.70. The molecule has 2 aromatic rings. The Morgan fingerprint density at radius 2 is 2.04 bits per heavy atom. The second kappa shape index (κ2) is 6.85. The maximum atomic E-state index is 12.5. The zero-order valence-corrected chi connectivity index (χ0v) is 14.3. The number of amides is 2. The predicted molar refractivity (Wildman–Crippen MR) is 94.4 cm³/mol. The number of benzene rings is 2. The van der Waals surface area contributed by atoms with Crippen LogP contribution in [-0.4, -0.2) is 18.4 Å². The maximum Gasteiger partial charge on any atom is 0.229 e. The smallest absolute Gasteiger partial charge is 0.229 e. The van der Waals surface area contributed by atoms with E-state index in [2.05, 4.69) is 21.2 Å². The van der Waals surface area contributed by atoms with Gasteiger partial charge < -0.3 is 10.2 Å². The van der Waals surface area contributed by atoms with Crippen molar-refractivity contribution in [2.45, 2.75) is 6.42 Å². The quantitative estimate of drug-likeness (QED) is 0.883. The average molecular weight is 384 g/mol. The first kappa shape index (κ1) is 16.2. The van der Waals surface area contributed by atoms with E-state index in [1.54, 1.807) is 29.2 Å². The lowest BCUT2D eigenvalue weighted by Crippen LogP contribution is -2.28. The van der Waals surface area contributed by atoms with Crippen molar-refractivity contribution >= 4 is 39.1 Å². The third kappa shape index (κ3) is 3.31. The molecule has 0 aromatic heterocycles. The van der Waals surface area contributed by atoms with Gasteiger partial charge in [0.25, 0.3) is 0 Å². The van der Waals surface area contributed by atoms with Gasteiger partial charge in [-0.25, -0.2) is 0 Å². The molecule has 0 aliphatic carbocycles. The van der Waals surface area contributed by atoms with Crippen LogP contribution in [0.5, 0.6) is 0 Å². The molecule has 120 valence electrons. The molecule has 3 rings (SSSR count). The minimum Gasteiger partial charge on any atom is -0.325 e. The van der Waals surface area contributed by atoms with Crippen molar-refractivity contribution < 1.29 is 9.59 Å². The van der Waals surface area contributed by atoms with Gasteiger partial charge in [0.1, 0.15) is 6.07 Å². The Morgan fingerprint density at radius 3 is 2.79 bits per heavy atom. The van der Waals surface area contributed by atoms with E-state index in [0.29, 0.717) is 17.8 Å². The molecule has 0 spiro atoms. The number of nitriles is 1. The molecule has 1 aliphatic rings. The Bertz CT molecular complexity index is 844. The minimum absolute atomic E-state index is 0.0816. The highest BCUT2D eigenvalue weighted by Crippen LogP contribution is 2.28. The van der Waals surface area contributed by atoms with Gasteiger partial charge in [0, 0.05) is 23.1 Å². The van der Waals surface area contributed by atoms with Crippen molar-refractivity contribution in [1.82, 2.24) is 0 Å². The number of anilines is 2. The molecule has 2 amide bonds. The lowest BCUT2D eigenvalue weighted by molar-refractivity contribution is -0.122. The van der Waals surface area contributed by atoms with Crippen LogP contribution in [0.15, 0.2) is 53.0 Å². The third-order valence-corrected chi connectivity index (χ3v) is 4.41. The molecule has 1 fully saturated rings. The summed E-state index contributed by atoms with van der Waals surface area (Å²) in [6.45, 7) is 0.329. The largest absolute Gasteiger partial charge is 0.325 e. The zero-order chi connectivity index (χ0) is 17.1. The summed E-state index contributed by atoms with van der Waals surface area (Å²) in [6.07, 6.45) is 0.160. The van der Waals surface area contributed by atoms with Crippen LogP contribution >= 0.6 is 15.9 Å². The molecule has 0 bridgehead atoms. The Balaban J connectivity index is 1.74. The number of carbonyl (C=O) groups excluding carboxylic acids is 2. The highest BCUT2D eigenvalue weighted by atomic mass is 79.9. The average Bonchev–Trinajstić information content (AvgIpc) is 2.97. The van der Waals surface area contributed by atoms with E-state index < -0.39 is 5.92 Å². The Hall–Kier alpha value is -2.65.